The van der Waals surface area contributed by atoms with Crippen LogP contribution in [0.4, 0.5) is 10.1 Å². The molecule has 4 fully saturated rings. The third kappa shape index (κ3) is 6.33. The molecule has 9 rings (SSSR count). The highest BCUT2D eigenvalue weighted by Gasteiger charge is 2.67. The summed E-state index contributed by atoms with van der Waals surface area (Å²) in [5.74, 6) is 4.36. The number of likely N-dealkylation sites (tertiary alicyclic amines) is 1. The summed E-state index contributed by atoms with van der Waals surface area (Å²) in [5, 5.41) is 11.8. The number of hydrogen-bond acceptors (Lipinski definition) is 9. The molecule has 5 heterocycles. The summed E-state index contributed by atoms with van der Waals surface area (Å²) < 4.78 is 22.6. The Morgan fingerprint density at radius 3 is 2.22 bits per heavy atom. The van der Waals surface area contributed by atoms with Gasteiger partial charge < -0.3 is 14.5 Å². The summed E-state index contributed by atoms with van der Waals surface area (Å²) in [4.78, 5) is 71.6. The van der Waals surface area contributed by atoms with Crippen LogP contribution in [-0.4, -0.2) is 94.6 Å². The zero-order chi connectivity index (χ0) is 42.4. The fourth-order valence-electron chi connectivity index (χ4n) is 10.8. The maximum atomic E-state index is 16.1. The zero-order valence-electron chi connectivity index (χ0n) is 33.8. The number of amides is 5. The Balaban J connectivity index is 0.792. The lowest BCUT2D eigenvalue weighted by molar-refractivity contribution is -0.199. The first-order valence-corrected chi connectivity index (χ1v) is 20.8. The van der Waals surface area contributed by atoms with E-state index in [2.05, 4.69) is 60.7 Å². The van der Waals surface area contributed by atoms with Crippen molar-refractivity contribution in [1.29, 1.82) is 5.26 Å². The van der Waals surface area contributed by atoms with E-state index in [1.54, 1.807) is 47.4 Å². The minimum atomic E-state index is -0.999. The quantitative estimate of drug-likeness (QED) is 0.250. The van der Waals surface area contributed by atoms with E-state index in [-0.39, 0.29) is 54.5 Å². The standard InChI is InChI=1S/C46H44ClFN6O6/c1-45(2)43(46(3,4)44(45)60-30-10-7-27(21-49)35(47)20-30)53-24-34-32(40(53)57)11-8-26(38(34)48)6-5-25-15-17-51(18-16-25)29-22-52(23-29)28-9-12-31-33(19-28)42(59)54(41(31)58)36-13-14-37(55)50-39(36)56/h7-12,19-20,25,29,36,43-44H,13-18,22-24H2,1-4H3,(H,50,55,56). The van der Waals surface area contributed by atoms with Crippen LogP contribution in [0.1, 0.15) is 101 Å². The van der Waals surface area contributed by atoms with E-state index in [4.69, 9.17) is 16.3 Å². The van der Waals surface area contributed by atoms with Crippen molar-refractivity contribution in [3.63, 3.8) is 0 Å². The van der Waals surface area contributed by atoms with Crippen LogP contribution < -0.4 is 15.0 Å². The van der Waals surface area contributed by atoms with Crippen molar-refractivity contribution < 1.29 is 33.1 Å². The molecule has 0 spiro atoms. The number of nitrogens with zero attached hydrogens (tertiary/aromatic N) is 5. The maximum absolute atomic E-state index is 16.1. The molecule has 308 valence electrons. The van der Waals surface area contributed by atoms with Crippen molar-refractivity contribution in [3.8, 4) is 23.7 Å². The molecule has 0 radical (unpaired) electrons. The molecule has 3 aromatic rings. The lowest BCUT2D eigenvalue weighted by atomic mass is 9.49. The third-order valence-corrected chi connectivity index (χ3v) is 13.9. The highest BCUT2D eigenvalue weighted by atomic mass is 35.5. The van der Waals surface area contributed by atoms with Crippen molar-refractivity contribution >= 4 is 46.8 Å². The lowest BCUT2D eigenvalue weighted by Crippen LogP contribution is -2.74. The van der Waals surface area contributed by atoms with Gasteiger partial charge in [-0.25, -0.2) is 4.39 Å². The topological polar surface area (TPSA) is 143 Å². The molecule has 5 aliphatic heterocycles. The van der Waals surface area contributed by atoms with Gasteiger partial charge in [0, 0.05) is 71.2 Å². The molecule has 5 amide bonds. The Bertz CT molecular complexity index is 2490. The predicted molar refractivity (Wildman–Crippen MR) is 218 cm³/mol. The van der Waals surface area contributed by atoms with E-state index >= 15 is 4.39 Å². The number of ether oxygens (including phenoxy) is 1. The second-order valence-electron chi connectivity index (χ2n) is 18.0. The molecule has 0 aromatic heterocycles. The predicted octanol–water partition coefficient (Wildman–Crippen LogP) is 5.54. The number of piperidine rings is 2. The van der Waals surface area contributed by atoms with Gasteiger partial charge in [-0.2, -0.15) is 5.26 Å². The van der Waals surface area contributed by atoms with Gasteiger partial charge in [-0.1, -0.05) is 51.1 Å². The molecule has 0 bridgehead atoms. The molecule has 1 N–H and O–H groups in total. The molecule has 14 heteroatoms. The van der Waals surface area contributed by atoms with E-state index < -0.39 is 46.3 Å². The molecule has 60 heavy (non-hydrogen) atoms. The number of carbonyl (C=O) groups excluding carboxylic acids is 5. The zero-order valence-corrected chi connectivity index (χ0v) is 34.6. The van der Waals surface area contributed by atoms with E-state index in [0.29, 0.717) is 39.1 Å². The fourth-order valence-corrected chi connectivity index (χ4v) is 11.0. The number of benzene rings is 3. The minimum Gasteiger partial charge on any atom is -0.489 e. The number of fused-ring (bicyclic) bond motifs is 2. The van der Waals surface area contributed by atoms with Crippen LogP contribution in [0.3, 0.4) is 0 Å². The van der Waals surface area contributed by atoms with Gasteiger partial charge in [-0.15, -0.1) is 0 Å². The molecule has 3 saturated heterocycles. The number of nitrogens with one attached hydrogen (secondary N) is 1. The molecular weight excluding hydrogens is 787 g/mol. The van der Waals surface area contributed by atoms with Gasteiger partial charge in [0.2, 0.25) is 11.8 Å². The molecule has 1 unspecified atom stereocenters. The monoisotopic (exact) mass is 830 g/mol. The lowest BCUT2D eigenvalue weighted by Gasteiger charge is -2.65. The van der Waals surface area contributed by atoms with E-state index in [1.807, 2.05) is 6.07 Å². The first-order chi connectivity index (χ1) is 28.6. The molecule has 6 aliphatic rings. The average molecular weight is 831 g/mol. The largest absolute Gasteiger partial charge is 0.489 e. The molecule has 1 saturated carbocycles. The van der Waals surface area contributed by atoms with Gasteiger partial charge >= 0.3 is 0 Å². The fraction of sp³-hybridized carbons (Fsp3) is 0.435. The van der Waals surface area contributed by atoms with Crippen LogP contribution in [0.2, 0.25) is 5.02 Å². The van der Waals surface area contributed by atoms with Gasteiger partial charge in [0.05, 0.1) is 33.8 Å². The first kappa shape index (κ1) is 39.7. The Hall–Kier alpha value is -5.76. The van der Waals surface area contributed by atoms with E-state index in [1.165, 1.54) is 0 Å². The number of anilines is 1. The van der Waals surface area contributed by atoms with Crippen LogP contribution in [0.15, 0.2) is 48.5 Å². The highest BCUT2D eigenvalue weighted by Crippen LogP contribution is 2.59. The molecule has 1 aliphatic carbocycles. The van der Waals surface area contributed by atoms with Gasteiger partial charge in [0.25, 0.3) is 17.7 Å². The number of nitriles is 1. The molecule has 12 nitrogen and oxygen atoms in total. The van der Waals surface area contributed by atoms with Crippen LogP contribution in [0.25, 0.3) is 0 Å². The SMILES string of the molecule is CC1(C)C(Oc2ccc(C#N)c(Cl)c2)C(C)(C)C1N1Cc2c(ccc(C#CC3CCN(C4CN(c5ccc6c(c5)C(=O)N(C5CCC(=O)NC5=O)C6=O)C4)CC3)c2F)C1=O. The Labute approximate surface area is 352 Å². The van der Waals surface area contributed by atoms with Crippen molar-refractivity contribution in [2.24, 2.45) is 16.7 Å². The summed E-state index contributed by atoms with van der Waals surface area (Å²) >= 11 is 6.27. The van der Waals surface area contributed by atoms with Gasteiger partial charge in [-0.3, -0.25) is 39.1 Å². The normalized spacial score (nSPS) is 24.9. The molecule has 1 atom stereocenters. The number of hydrogen-bond donors (Lipinski definition) is 1. The van der Waals surface area contributed by atoms with E-state index in [0.717, 1.165) is 49.6 Å². The third-order valence-electron chi connectivity index (χ3n) is 13.6. The first-order valence-electron chi connectivity index (χ1n) is 20.4. The van der Waals surface area contributed by atoms with Crippen molar-refractivity contribution in [3.05, 3.63) is 92.8 Å². The van der Waals surface area contributed by atoms with Crippen LogP contribution >= 0.6 is 11.6 Å². The van der Waals surface area contributed by atoms with Crippen LogP contribution in [0.5, 0.6) is 5.75 Å². The van der Waals surface area contributed by atoms with Gasteiger partial charge in [-0.05, 0) is 74.8 Å². The summed E-state index contributed by atoms with van der Waals surface area (Å²) in [6, 6.07) is 14.7. The maximum Gasteiger partial charge on any atom is 0.262 e. The van der Waals surface area contributed by atoms with Crippen molar-refractivity contribution in [2.45, 2.75) is 84.2 Å². The molecule has 3 aromatic carbocycles. The number of halogens is 2. The van der Waals surface area contributed by atoms with Crippen LogP contribution in [0, 0.1) is 45.7 Å². The van der Waals surface area contributed by atoms with Crippen molar-refractivity contribution in [2.75, 3.05) is 31.1 Å². The second kappa shape index (κ2) is 14.5. The molecular formula is C46H44ClFN6O6. The van der Waals surface area contributed by atoms with Gasteiger partial charge in [0.15, 0.2) is 0 Å². The van der Waals surface area contributed by atoms with Crippen molar-refractivity contribution in [1.82, 2.24) is 20.0 Å². The van der Waals surface area contributed by atoms with E-state index in [9.17, 15) is 29.2 Å². The average Bonchev–Trinajstić information content (AvgIpc) is 3.64. The summed E-state index contributed by atoms with van der Waals surface area (Å²) in [7, 11) is 0. The highest BCUT2D eigenvalue weighted by molar-refractivity contribution is 6.31. The number of imide groups is 2. The Kier molecular flexibility index (Phi) is 9.56. The Morgan fingerprint density at radius 1 is 0.850 bits per heavy atom. The summed E-state index contributed by atoms with van der Waals surface area (Å²) in [5.41, 5.74) is 1.82. The summed E-state index contributed by atoms with van der Waals surface area (Å²) in [6.45, 7) is 11.6. The smallest absolute Gasteiger partial charge is 0.262 e. The van der Waals surface area contributed by atoms with Crippen LogP contribution in [-0.2, 0) is 16.1 Å². The Morgan fingerprint density at radius 2 is 1.53 bits per heavy atom. The number of carbonyl (C=O) groups is 5. The number of rotatable bonds is 6. The second-order valence-corrected chi connectivity index (χ2v) is 18.4. The summed E-state index contributed by atoms with van der Waals surface area (Å²) in [6.07, 6.45) is 1.60. The van der Waals surface area contributed by atoms with Gasteiger partial charge in [0.1, 0.15) is 29.8 Å². The minimum absolute atomic E-state index is 0.0711.